The van der Waals surface area contributed by atoms with Crippen molar-refractivity contribution >= 4 is 21.4 Å². The summed E-state index contributed by atoms with van der Waals surface area (Å²) < 4.78 is 1.28. The van der Waals surface area contributed by atoms with Crippen LogP contribution in [0.25, 0.3) is 10.1 Å². The van der Waals surface area contributed by atoms with Crippen molar-refractivity contribution in [1.82, 2.24) is 0 Å². The van der Waals surface area contributed by atoms with Crippen LogP contribution < -0.4 is 5.73 Å². The molecule has 2 unspecified atom stereocenters. The van der Waals surface area contributed by atoms with E-state index in [1.54, 1.807) is 11.3 Å². The summed E-state index contributed by atoms with van der Waals surface area (Å²) in [6.07, 6.45) is 0.706. The van der Waals surface area contributed by atoms with Gasteiger partial charge in [0.25, 0.3) is 0 Å². The summed E-state index contributed by atoms with van der Waals surface area (Å²) in [5.74, 6) is 0. The minimum atomic E-state index is -0.140. The first kappa shape index (κ1) is 12.6. The van der Waals surface area contributed by atoms with Gasteiger partial charge in [0.05, 0.1) is 0 Å². The molecule has 1 aromatic carbocycles. The number of benzene rings is 1. The first-order valence-electron chi connectivity index (χ1n) is 5.93. The Bertz CT molecular complexity index is 473. The van der Waals surface area contributed by atoms with E-state index < -0.39 is 0 Å². The first-order valence-corrected chi connectivity index (χ1v) is 6.75. The SMILES string of the molecule is CC(N)C(C)(CCO)c1cc2ccccc2s1. The Kier molecular flexibility index (Phi) is 3.52. The summed E-state index contributed by atoms with van der Waals surface area (Å²) in [6.45, 7) is 4.32. The molecule has 0 fully saturated rings. The van der Waals surface area contributed by atoms with E-state index in [1.807, 2.05) is 13.0 Å². The van der Waals surface area contributed by atoms with Crippen LogP contribution in [0.3, 0.4) is 0 Å². The molecule has 0 saturated heterocycles. The van der Waals surface area contributed by atoms with Crippen molar-refractivity contribution in [3.8, 4) is 0 Å². The van der Waals surface area contributed by atoms with Crippen LogP contribution in [0.1, 0.15) is 25.1 Å². The Morgan fingerprint density at radius 1 is 1.41 bits per heavy atom. The third-order valence-electron chi connectivity index (χ3n) is 3.62. The fraction of sp³-hybridized carbons (Fsp3) is 0.429. The first-order chi connectivity index (χ1) is 8.08. The van der Waals surface area contributed by atoms with Gasteiger partial charge < -0.3 is 10.8 Å². The maximum absolute atomic E-state index is 9.24. The van der Waals surface area contributed by atoms with E-state index in [0.29, 0.717) is 6.42 Å². The lowest BCUT2D eigenvalue weighted by Gasteiger charge is -2.32. The topological polar surface area (TPSA) is 46.2 Å². The molecule has 2 aromatic rings. The van der Waals surface area contributed by atoms with E-state index in [9.17, 15) is 5.11 Å². The molecule has 0 saturated carbocycles. The molecule has 0 aliphatic carbocycles. The largest absolute Gasteiger partial charge is 0.396 e. The van der Waals surface area contributed by atoms with Gasteiger partial charge in [-0.05, 0) is 30.9 Å². The number of thiophene rings is 1. The molecule has 2 atom stereocenters. The smallest absolute Gasteiger partial charge is 0.0440 e. The second-order valence-electron chi connectivity index (χ2n) is 4.83. The van der Waals surface area contributed by atoms with E-state index in [1.165, 1.54) is 15.0 Å². The maximum atomic E-state index is 9.24. The summed E-state index contributed by atoms with van der Waals surface area (Å²) in [6, 6.07) is 10.6. The zero-order valence-electron chi connectivity index (χ0n) is 10.3. The highest BCUT2D eigenvalue weighted by atomic mass is 32.1. The van der Waals surface area contributed by atoms with Gasteiger partial charge >= 0.3 is 0 Å². The Morgan fingerprint density at radius 3 is 2.71 bits per heavy atom. The highest BCUT2D eigenvalue weighted by Crippen LogP contribution is 2.38. The second-order valence-corrected chi connectivity index (χ2v) is 5.91. The van der Waals surface area contributed by atoms with Gasteiger partial charge in [-0.25, -0.2) is 0 Å². The number of aliphatic hydroxyl groups excluding tert-OH is 1. The molecule has 0 aliphatic rings. The van der Waals surface area contributed by atoms with Crippen LogP contribution in [-0.2, 0) is 5.41 Å². The summed E-state index contributed by atoms with van der Waals surface area (Å²) >= 11 is 1.78. The Hall–Kier alpha value is -0.900. The average Bonchev–Trinajstić information content (AvgIpc) is 2.72. The van der Waals surface area contributed by atoms with Crippen molar-refractivity contribution in [3.05, 3.63) is 35.2 Å². The van der Waals surface area contributed by atoms with Gasteiger partial charge in [0.2, 0.25) is 0 Å². The number of aliphatic hydroxyl groups is 1. The van der Waals surface area contributed by atoms with Gasteiger partial charge in [-0.1, -0.05) is 25.1 Å². The van der Waals surface area contributed by atoms with Gasteiger partial charge in [-0.2, -0.15) is 0 Å². The van der Waals surface area contributed by atoms with E-state index in [4.69, 9.17) is 5.73 Å². The fourth-order valence-electron chi connectivity index (χ4n) is 2.07. The average molecular weight is 249 g/mol. The lowest BCUT2D eigenvalue weighted by molar-refractivity contribution is 0.231. The number of rotatable bonds is 4. The lowest BCUT2D eigenvalue weighted by atomic mass is 9.79. The highest BCUT2D eigenvalue weighted by molar-refractivity contribution is 7.19. The monoisotopic (exact) mass is 249 g/mol. The molecule has 3 N–H and O–H groups in total. The molecule has 2 rings (SSSR count). The minimum Gasteiger partial charge on any atom is -0.396 e. The van der Waals surface area contributed by atoms with Crippen molar-refractivity contribution in [1.29, 1.82) is 0 Å². The maximum Gasteiger partial charge on any atom is 0.0440 e. The third kappa shape index (κ3) is 2.23. The molecule has 17 heavy (non-hydrogen) atoms. The van der Waals surface area contributed by atoms with Crippen LogP contribution in [0.15, 0.2) is 30.3 Å². The molecule has 0 bridgehead atoms. The Morgan fingerprint density at radius 2 is 2.12 bits per heavy atom. The highest BCUT2D eigenvalue weighted by Gasteiger charge is 2.32. The molecule has 0 amide bonds. The Labute approximate surface area is 106 Å². The predicted molar refractivity (Wildman–Crippen MR) is 74.5 cm³/mol. The van der Waals surface area contributed by atoms with Gasteiger partial charge in [-0.3, -0.25) is 0 Å². The van der Waals surface area contributed by atoms with E-state index >= 15 is 0 Å². The van der Waals surface area contributed by atoms with Gasteiger partial charge in [0, 0.05) is 27.6 Å². The normalized spacial score (nSPS) is 16.9. The van der Waals surface area contributed by atoms with E-state index in [0.717, 1.165) is 0 Å². The van der Waals surface area contributed by atoms with Gasteiger partial charge in [0.1, 0.15) is 0 Å². The summed E-state index contributed by atoms with van der Waals surface area (Å²) in [7, 11) is 0. The van der Waals surface area contributed by atoms with Crippen LogP contribution in [0.2, 0.25) is 0 Å². The van der Waals surface area contributed by atoms with Crippen molar-refractivity contribution in [3.63, 3.8) is 0 Å². The van der Waals surface area contributed by atoms with Crippen molar-refractivity contribution in [2.24, 2.45) is 5.73 Å². The molecule has 0 aliphatic heterocycles. The van der Waals surface area contributed by atoms with Crippen LogP contribution >= 0.6 is 11.3 Å². The van der Waals surface area contributed by atoms with Crippen LogP contribution in [0.5, 0.6) is 0 Å². The molecule has 0 spiro atoms. The fourth-order valence-corrected chi connectivity index (χ4v) is 3.41. The predicted octanol–water partition coefficient (Wildman–Crippen LogP) is 2.89. The molecule has 2 nitrogen and oxygen atoms in total. The molecule has 1 heterocycles. The zero-order chi connectivity index (χ0) is 12.5. The molecule has 3 heteroatoms. The van der Waals surface area contributed by atoms with Crippen molar-refractivity contribution in [2.45, 2.75) is 31.7 Å². The van der Waals surface area contributed by atoms with Crippen LogP contribution in [0, 0.1) is 0 Å². The van der Waals surface area contributed by atoms with Crippen LogP contribution in [-0.4, -0.2) is 17.8 Å². The molecule has 92 valence electrons. The van der Waals surface area contributed by atoms with E-state index in [-0.39, 0.29) is 18.1 Å². The molecule has 1 aromatic heterocycles. The number of hydrogen-bond acceptors (Lipinski definition) is 3. The summed E-state index contributed by atoms with van der Waals surface area (Å²) in [4.78, 5) is 1.27. The minimum absolute atomic E-state index is 0.0303. The zero-order valence-corrected chi connectivity index (χ0v) is 11.1. The summed E-state index contributed by atoms with van der Waals surface area (Å²) in [5, 5.41) is 10.5. The Balaban J connectivity index is 2.49. The van der Waals surface area contributed by atoms with Gasteiger partial charge in [0.15, 0.2) is 0 Å². The summed E-state index contributed by atoms with van der Waals surface area (Å²) in [5.41, 5.74) is 5.97. The molecule has 0 radical (unpaired) electrons. The number of nitrogens with two attached hydrogens (primary N) is 1. The van der Waals surface area contributed by atoms with Gasteiger partial charge in [-0.15, -0.1) is 11.3 Å². The lowest BCUT2D eigenvalue weighted by Crippen LogP contribution is -2.41. The van der Waals surface area contributed by atoms with E-state index in [2.05, 4.69) is 31.2 Å². The second kappa shape index (κ2) is 4.77. The third-order valence-corrected chi connectivity index (χ3v) is 5.02. The number of fused-ring (bicyclic) bond motifs is 1. The molecular weight excluding hydrogens is 230 g/mol. The van der Waals surface area contributed by atoms with Crippen molar-refractivity contribution < 1.29 is 5.11 Å². The molecular formula is C14H19NOS. The quantitative estimate of drug-likeness (QED) is 0.875. The van der Waals surface area contributed by atoms with Crippen LogP contribution in [0.4, 0.5) is 0 Å². The standard InChI is InChI=1S/C14H19NOS/c1-10(15)14(2,7-8-16)13-9-11-5-3-4-6-12(11)17-13/h3-6,9-10,16H,7-8,15H2,1-2H3. The number of hydrogen-bond donors (Lipinski definition) is 2. The van der Waals surface area contributed by atoms with Crippen molar-refractivity contribution in [2.75, 3.05) is 6.61 Å².